The lowest BCUT2D eigenvalue weighted by atomic mass is 10.2. The number of carboxylic acids is 1. The Hall–Kier alpha value is -1.84. The number of hydrogen-bond acceptors (Lipinski definition) is 3. The maximum Gasteiger partial charge on any atom is 0.335 e. The number of aromatic carboxylic acids is 1. The van der Waals surface area contributed by atoms with E-state index in [1.54, 1.807) is 24.3 Å². The van der Waals surface area contributed by atoms with E-state index in [0.29, 0.717) is 5.69 Å². The van der Waals surface area contributed by atoms with Gasteiger partial charge in [-0.15, -0.1) is 0 Å². The minimum Gasteiger partial charge on any atom is -0.478 e. The van der Waals surface area contributed by atoms with Crippen LogP contribution in [-0.4, -0.2) is 16.8 Å². The molecule has 0 amide bonds. The van der Waals surface area contributed by atoms with Crippen LogP contribution in [-0.2, 0) is 0 Å². The van der Waals surface area contributed by atoms with Crippen LogP contribution in [0.4, 0.5) is 5.69 Å². The van der Waals surface area contributed by atoms with Gasteiger partial charge in [-0.3, -0.25) is 5.43 Å². The first-order valence-electron chi connectivity index (χ1n) is 5.32. The Balaban J connectivity index is 2.78. The smallest absolute Gasteiger partial charge is 0.335 e. The predicted molar refractivity (Wildman–Crippen MR) is 65.0 cm³/mol. The molecule has 4 heteroatoms. The van der Waals surface area contributed by atoms with Crippen LogP contribution in [0.25, 0.3) is 0 Å². The third-order valence-corrected chi connectivity index (χ3v) is 2.27. The summed E-state index contributed by atoms with van der Waals surface area (Å²) in [6, 6.07) is 6.60. The Bertz CT molecular complexity index is 394. The molecule has 0 fully saturated rings. The molecule has 86 valence electrons. The van der Waals surface area contributed by atoms with Gasteiger partial charge in [0.1, 0.15) is 0 Å². The van der Waals surface area contributed by atoms with Crippen molar-refractivity contribution in [1.29, 1.82) is 0 Å². The first-order valence-corrected chi connectivity index (χ1v) is 5.32. The molecule has 0 aliphatic heterocycles. The van der Waals surface area contributed by atoms with Crippen LogP contribution < -0.4 is 5.43 Å². The molecule has 1 aromatic rings. The Kier molecular flexibility index (Phi) is 4.51. The van der Waals surface area contributed by atoms with Crippen LogP contribution in [0.1, 0.15) is 37.0 Å². The van der Waals surface area contributed by atoms with Gasteiger partial charge in [0.05, 0.1) is 11.3 Å². The molecule has 1 rings (SSSR count). The van der Waals surface area contributed by atoms with E-state index in [1.165, 1.54) is 0 Å². The van der Waals surface area contributed by atoms with Crippen molar-refractivity contribution in [3.05, 3.63) is 29.8 Å². The van der Waals surface area contributed by atoms with Gasteiger partial charge in [0.2, 0.25) is 0 Å². The van der Waals surface area contributed by atoms with Crippen molar-refractivity contribution in [3.63, 3.8) is 0 Å². The van der Waals surface area contributed by atoms with Crippen LogP contribution in [0.2, 0.25) is 0 Å². The standard InChI is InChI=1S/C12H16N2O2/c1-3-10(4-2)13-14-11-7-5-6-9(8-11)12(15)16/h5-8,14H,3-4H2,1-2H3,(H,15,16). The van der Waals surface area contributed by atoms with Crippen LogP contribution in [0.15, 0.2) is 29.4 Å². The Morgan fingerprint density at radius 3 is 2.62 bits per heavy atom. The molecule has 0 heterocycles. The zero-order valence-electron chi connectivity index (χ0n) is 9.53. The normalized spacial score (nSPS) is 9.62. The quantitative estimate of drug-likeness (QED) is 0.592. The Labute approximate surface area is 95.0 Å². The lowest BCUT2D eigenvalue weighted by molar-refractivity contribution is 0.0697. The number of anilines is 1. The van der Waals surface area contributed by atoms with Crippen molar-refractivity contribution >= 4 is 17.4 Å². The molecule has 0 atom stereocenters. The van der Waals surface area contributed by atoms with Crippen LogP contribution in [0.3, 0.4) is 0 Å². The average Bonchev–Trinajstić information content (AvgIpc) is 2.31. The highest BCUT2D eigenvalue weighted by atomic mass is 16.4. The Morgan fingerprint density at radius 1 is 1.38 bits per heavy atom. The van der Waals surface area contributed by atoms with E-state index < -0.39 is 5.97 Å². The molecule has 2 N–H and O–H groups in total. The van der Waals surface area contributed by atoms with Crippen LogP contribution >= 0.6 is 0 Å². The molecular formula is C12H16N2O2. The summed E-state index contributed by atoms with van der Waals surface area (Å²) in [5, 5.41) is 13.0. The van der Waals surface area contributed by atoms with Crippen molar-refractivity contribution in [3.8, 4) is 0 Å². The summed E-state index contributed by atoms with van der Waals surface area (Å²) in [6.07, 6.45) is 1.78. The van der Waals surface area contributed by atoms with E-state index in [2.05, 4.69) is 10.5 Å². The maximum atomic E-state index is 10.7. The molecular weight excluding hydrogens is 204 g/mol. The fourth-order valence-corrected chi connectivity index (χ4v) is 1.27. The molecule has 0 aliphatic carbocycles. The van der Waals surface area contributed by atoms with Crippen LogP contribution in [0.5, 0.6) is 0 Å². The predicted octanol–water partition coefficient (Wildman–Crippen LogP) is 2.97. The summed E-state index contributed by atoms with van der Waals surface area (Å²) in [4.78, 5) is 10.7. The van der Waals surface area contributed by atoms with E-state index >= 15 is 0 Å². The van der Waals surface area contributed by atoms with Gasteiger partial charge in [-0.25, -0.2) is 4.79 Å². The first kappa shape index (κ1) is 12.2. The summed E-state index contributed by atoms with van der Waals surface area (Å²) in [7, 11) is 0. The summed E-state index contributed by atoms with van der Waals surface area (Å²) in [5.74, 6) is -0.932. The van der Waals surface area contributed by atoms with Crippen molar-refractivity contribution in [2.75, 3.05) is 5.43 Å². The highest BCUT2D eigenvalue weighted by Crippen LogP contribution is 2.10. The zero-order chi connectivity index (χ0) is 12.0. The van der Waals surface area contributed by atoms with Gasteiger partial charge in [-0.1, -0.05) is 19.9 Å². The molecule has 0 radical (unpaired) electrons. The Morgan fingerprint density at radius 2 is 2.06 bits per heavy atom. The summed E-state index contributed by atoms with van der Waals surface area (Å²) >= 11 is 0. The van der Waals surface area contributed by atoms with Crippen LogP contribution in [0, 0.1) is 0 Å². The third-order valence-electron chi connectivity index (χ3n) is 2.27. The van der Waals surface area contributed by atoms with E-state index in [9.17, 15) is 4.79 Å². The van der Waals surface area contributed by atoms with Gasteiger partial charge in [0.15, 0.2) is 0 Å². The minimum atomic E-state index is -0.932. The van der Waals surface area contributed by atoms with E-state index in [1.807, 2.05) is 13.8 Å². The molecule has 4 nitrogen and oxygen atoms in total. The summed E-state index contributed by atoms with van der Waals surface area (Å²) in [6.45, 7) is 4.08. The van der Waals surface area contributed by atoms with Crippen molar-refractivity contribution in [2.45, 2.75) is 26.7 Å². The number of hydrogen-bond donors (Lipinski definition) is 2. The highest BCUT2D eigenvalue weighted by Gasteiger charge is 2.02. The second kappa shape index (κ2) is 5.90. The highest BCUT2D eigenvalue weighted by molar-refractivity contribution is 5.89. The van der Waals surface area contributed by atoms with Crippen molar-refractivity contribution in [2.24, 2.45) is 5.10 Å². The molecule has 16 heavy (non-hydrogen) atoms. The number of benzene rings is 1. The lowest BCUT2D eigenvalue weighted by Crippen LogP contribution is -2.01. The fraction of sp³-hybridized carbons (Fsp3) is 0.333. The fourth-order valence-electron chi connectivity index (χ4n) is 1.27. The molecule has 0 bridgehead atoms. The molecule has 0 aliphatic rings. The lowest BCUT2D eigenvalue weighted by Gasteiger charge is -2.04. The first-order chi connectivity index (χ1) is 7.67. The second-order valence-corrected chi connectivity index (χ2v) is 3.38. The van der Waals surface area contributed by atoms with E-state index in [4.69, 9.17) is 5.11 Å². The topological polar surface area (TPSA) is 61.7 Å². The van der Waals surface area contributed by atoms with E-state index in [-0.39, 0.29) is 5.56 Å². The monoisotopic (exact) mass is 220 g/mol. The van der Waals surface area contributed by atoms with Gasteiger partial charge < -0.3 is 5.11 Å². The van der Waals surface area contributed by atoms with Gasteiger partial charge in [-0.05, 0) is 31.0 Å². The molecule has 0 aromatic heterocycles. The number of hydrazone groups is 1. The van der Waals surface area contributed by atoms with Gasteiger partial charge in [0.25, 0.3) is 0 Å². The number of carbonyl (C=O) groups is 1. The summed E-state index contributed by atoms with van der Waals surface area (Å²) < 4.78 is 0. The molecule has 0 unspecified atom stereocenters. The summed E-state index contributed by atoms with van der Waals surface area (Å²) in [5.41, 5.74) is 4.88. The number of nitrogens with one attached hydrogen (secondary N) is 1. The van der Waals surface area contributed by atoms with Crippen molar-refractivity contribution < 1.29 is 9.90 Å². The van der Waals surface area contributed by atoms with E-state index in [0.717, 1.165) is 18.6 Å². The number of nitrogens with zero attached hydrogens (tertiary/aromatic N) is 1. The molecule has 0 saturated heterocycles. The molecule has 0 saturated carbocycles. The average molecular weight is 220 g/mol. The zero-order valence-corrected chi connectivity index (χ0v) is 9.53. The van der Waals surface area contributed by atoms with Gasteiger partial charge in [0, 0.05) is 5.71 Å². The largest absolute Gasteiger partial charge is 0.478 e. The molecule has 0 spiro atoms. The van der Waals surface area contributed by atoms with Gasteiger partial charge >= 0.3 is 5.97 Å². The third kappa shape index (κ3) is 3.38. The molecule has 1 aromatic carbocycles. The minimum absolute atomic E-state index is 0.259. The van der Waals surface area contributed by atoms with Gasteiger partial charge in [-0.2, -0.15) is 5.10 Å². The second-order valence-electron chi connectivity index (χ2n) is 3.38. The maximum absolute atomic E-state index is 10.7. The van der Waals surface area contributed by atoms with Crippen molar-refractivity contribution in [1.82, 2.24) is 0 Å². The SMILES string of the molecule is CCC(CC)=NNc1cccc(C(=O)O)c1. The number of rotatable bonds is 5. The number of carboxylic acid groups (broad SMARTS) is 1.